The first-order valence-corrected chi connectivity index (χ1v) is 17.4. The fraction of sp³-hybridized carbons (Fsp3) is 0.290. The Labute approximate surface area is 260 Å². The van der Waals surface area contributed by atoms with Gasteiger partial charge in [-0.1, -0.05) is 12.1 Å². The molecule has 4 aromatic rings. The number of amides is 2. The topological polar surface area (TPSA) is 142 Å². The van der Waals surface area contributed by atoms with Crippen molar-refractivity contribution in [1.29, 1.82) is 0 Å². The summed E-state index contributed by atoms with van der Waals surface area (Å²) >= 11 is 0. The molecule has 45 heavy (non-hydrogen) atoms. The van der Waals surface area contributed by atoms with Crippen molar-refractivity contribution in [1.82, 2.24) is 18.4 Å². The molecule has 0 spiro atoms. The quantitative estimate of drug-likeness (QED) is 0.273. The Morgan fingerprint density at radius 3 is 1.62 bits per heavy atom. The fourth-order valence-corrected chi connectivity index (χ4v) is 9.12. The highest BCUT2D eigenvalue weighted by Crippen LogP contribution is 2.39. The minimum Gasteiger partial charge on any atom is -0.472 e. The van der Waals surface area contributed by atoms with E-state index in [2.05, 4.69) is 0 Å². The molecule has 0 radical (unpaired) electrons. The first-order valence-electron chi connectivity index (χ1n) is 14.5. The average molecular weight is 651 g/mol. The van der Waals surface area contributed by atoms with Gasteiger partial charge < -0.3 is 18.6 Å². The maximum atomic E-state index is 13.6. The van der Waals surface area contributed by atoms with Gasteiger partial charge in [0.25, 0.3) is 11.8 Å². The Kier molecular flexibility index (Phi) is 7.39. The summed E-state index contributed by atoms with van der Waals surface area (Å²) in [6, 6.07) is 14.8. The number of hydrogen-bond acceptors (Lipinski definition) is 8. The zero-order chi connectivity index (χ0) is 31.3. The van der Waals surface area contributed by atoms with E-state index in [4.69, 9.17) is 8.83 Å². The van der Waals surface area contributed by atoms with Gasteiger partial charge in [0.05, 0.1) is 27.9 Å². The summed E-state index contributed by atoms with van der Waals surface area (Å²) in [7, 11) is -7.61. The molecule has 2 aromatic heterocycles. The van der Waals surface area contributed by atoms with Gasteiger partial charge in [-0.25, -0.2) is 16.8 Å². The van der Waals surface area contributed by atoms with E-state index in [0.717, 1.165) is 22.3 Å². The summed E-state index contributed by atoms with van der Waals surface area (Å²) < 4.78 is 67.2. The van der Waals surface area contributed by atoms with E-state index in [0.29, 0.717) is 12.0 Å². The summed E-state index contributed by atoms with van der Waals surface area (Å²) in [5.41, 5.74) is 3.78. The Hall–Kier alpha value is -4.24. The van der Waals surface area contributed by atoms with Crippen molar-refractivity contribution < 1.29 is 35.3 Å². The van der Waals surface area contributed by atoms with Gasteiger partial charge in [-0.3, -0.25) is 9.59 Å². The second kappa shape index (κ2) is 11.3. The third kappa shape index (κ3) is 5.27. The lowest BCUT2D eigenvalue weighted by atomic mass is 10.1. The Balaban J connectivity index is 1.03. The van der Waals surface area contributed by atoms with Crippen molar-refractivity contribution in [2.24, 2.45) is 0 Å². The van der Waals surface area contributed by atoms with Crippen LogP contribution in [0, 0.1) is 0 Å². The molecule has 2 saturated heterocycles. The molecular weight excluding hydrogens is 620 g/mol. The van der Waals surface area contributed by atoms with Gasteiger partial charge in [0.1, 0.15) is 6.26 Å². The summed E-state index contributed by atoms with van der Waals surface area (Å²) in [6.07, 6.45) is 4.63. The van der Waals surface area contributed by atoms with Crippen molar-refractivity contribution in [2.75, 3.05) is 52.4 Å². The Morgan fingerprint density at radius 1 is 0.622 bits per heavy atom. The van der Waals surface area contributed by atoms with Crippen LogP contribution in [0.4, 0.5) is 0 Å². The minimum absolute atomic E-state index is 0.163. The van der Waals surface area contributed by atoms with E-state index in [9.17, 15) is 26.4 Å². The molecule has 0 N–H and O–H groups in total. The van der Waals surface area contributed by atoms with Crippen molar-refractivity contribution in [3.63, 3.8) is 0 Å². The van der Waals surface area contributed by atoms with Gasteiger partial charge in [-0.2, -0.15) is 8.61 Å². The molecule has 2 amide bonds. The monoisotopic (exact) mass is 650 g/mol. The van der Waals surface area contributed by atoms with Crippen LogP contribution in [0.15, 0.2) is 92.0 Å². The number of benzene rings is 2. The van der Waals surface area contributed by atoms with E-state index < -0.39 is 20.0 Å². The zero-order valence-corrected chi connectivity index (χ0v) is 25.8. The van der Waals surface area contributed by atoms with Crippen LogP contribution in [0.2, 0.25) is 0 Å². The van der Waals surface area contributed by atoms with Crippen molar-refractivity contribution in [3.05, 3.63) is 95.8 Å². The highest BCUT2D eigenvalue weighted by molar-refractivity contribution is 7.89. The van der Waals surface area contributed by atoms with Gasteiger partial charge >= 0.3 is 0 Å². The van der Waals surface area contributed by atoms with Crippen molar-refractivity contribution in [2.45, 2.75) is 16.2 Å². The van der Waals surface area contributed by atoms with Gasteiger partial charge in [0.15, 0.2) is 5.76 Å². The molecule has 0 saturated carbocycles. The van der Waals surface area contributed by atoms with Crippen molar-refractivity contribution in [3.8, 4) is 11.1 Å². The first-order chi connectivity index (χ1) is 21.6. The van der Waals surface area contributed by atoms with Crippen LogP contribution in [0.1, 0.15) is 32.0 Å². The number of carbonyl (C=O) groups excluding carboxylic acids is 2. The largest absolute Gasteiger partial charge is 0.472 e. The standard InChI is InChI=1S/C31H30N4O8S2/c36-30(22-7-17-42-21-22)32-8-12-34(13-9-32)44(38,39)25-3-5-27-23(19-25)18-24-20-26(4-6-28(24)27)45(40,41)35-14-10-33(11-15-35)31(37)29-2-1-16-43-29/h1-7,16-17,19-21H,8-15,18H2. The molecule has 0 atom stereocenters. The molecule has 2 aromatic carbocycles. The summed E-state index contributed by atoms with van der Waals surface area (Å²) in [4.78, 5) is 28.7. The van der Waals surface area contributed by atoms with Gasteiger partial charge in [0, 0.05) is 52.4 Å². The minimum atomic E-state index is -3.81. The van der Waals surface area contributed by atoms with E-state index in [1.807, 2.05) is 0 Å². The van der Waals surface area contributed by atoms with Crippen LogP contribution in [0.3, 0.4) is 0 Å². The van der Waals surface area contributed by atoms with Gasteiger partial charge in [-0.05, 0) is 71.1 Å². The lowest BCUT2D eigenvalue weighted by molar-refractivity contribution is 0.0665. The second-order valence-corrected chi connectivity index (χ2v) is 15.1. The van der Waals surface area contributed by atoms with Crippen LogP contribution in [-0.4, -0.2) is 99.4 Å². The lowest BCUT2D eigenvalue weighted by Gasteiger charge is -2.33. The number of hydrogen-bond donors (Lipinski definition) is 0. The third-order valence-corrected chi connectivity index (χ3v) is 12.4. The molecule has 14 heteroatoms. The molecule has 0 unspecified atom stereocenters. The molecular formula is C31H30N4O8S2. The highest BCUT2D eigenvalue weighted by Gasteiger charge is 2.34. The van der Waals surface area contributed by atoms with Crippen LogP contribution in [0.25, 0.3) is 11.1 Å². The van der Waals surface area contributed by atoms with Crippen LogP contribution in [-0.2, 0) is 26.5 Å². The summed E-state index contributed by atoms with van der Waals surface area (Å²) in [6.45, 7) is 1.73. The summed E-state index contributed by atoms with van der Waals surface area (Å²) in [5, 5.41) is 0. The molecule has 0 bridgehead atoms. The van der Waals surface area contributed by atoms with E-state index in [1.54, 1.807) is 64.4 Å². The fourth-order valence-electron chi connectivity index (χ4n) is 6.17. The maximum Gasteiger partial charge on any atom is 0.289 e. The molecule has 7 rings (SSSR count). The lowest BCUT2D eigenvalue weighted by Crippen LogP contribution is -2.50. The number of piperazine rings is 2. The predicted molar refractivity (Wildman–Crippen MR) is 161 cm³/mol. The maximum absolute atomic E-state index is 13.6. The molecule has 3 aliphatic rings. The highest BCUT2D eigenvalue weighted by atomic mass is 32.2. The van der Waals surface area contributed by atoms with Crippen LogP contribution >= 0.6 is 0 Å². The number of furan rings is 2. The summed E-state index contributed by atoms with van der Waals surface area (Å²) in [5.74, 6) is -0.239. The normalized spacial score (nSPS) is 17.7. The Morgan fingerprint density at radius 2 is 1.16 bits per heavy atom. The number of carbonyl (C=O) groups is 2. The Bertz CT molecular complexity index is 1830. The number of rotatable bonds is 6. The molecule has 4 heterocycles. The number of nitrogens with zero attached hydrogens (tertiary/aromatic N) is 4. The molecule has 12 nitrogen and oxygen atoms in total. The first kappa shape index (κ1) is 29.5. The molecule has 2 aliphatic heterocycles. The van der Waals surface area contributed by atoms with E-state index in [-0.39, 0.29) is 79.7 Å². The third-order valence-electron chi connectivity index (χ3n) is 8.65. The average Bonchev–Trinajstić information content (AvgIpc) is 3.85. The molecule has 1 aliphatic carbocycles. The predicted octanol–water partition coefficient (Wildman–Crippen LogP) is 2.74. The van der Waals surface area contributed by atoms with Crippen LogP contribution in [0.5, 0.6) is 0 Å². The van der Waals surface area contributed by atoms with E-state index >= 15 is 0 Å². The number of fused-ring (bicyclic) bond motifs is 3. The van der Waals surface area contributed by atoms with Crippen molar-refractivity contribution >= 4 is 31.9 Å². The van der Waals surface area contributed by atoms with Gasteiger partial charge in [-0.15, -0.1) is 0 Å². The van der Waals surface area contributed by atoms with Gasteiger partial charge in [0.2, 0.25) is 20.0 Å². The van der Waals surface area contributed by atoms with Crippen LogP contribution < -0.4 is 0 Å². The molecule has 2 fully saturated rings. The SMILES string of the molecule is O=C(c1ccoc1)N1CCN(S(=O)(=O)c2ccc3c(c2)Cc2cc(S(=O)(=O)N4CCN(C(=O)c5ccco5)CC4)ccc2-3)CC1. The second-order valence-electron chi connectivity index (χ2n) is 11.2. The zero-order valence-electron chi connectivity index (χ0n) is 24.2. The number of sulfonamides is 2. The van der Waals surface area contributed by atoms with E-state index in [1.165, 1.54) is 27.4 Å². The smallest absolute Gasteiger partial charge is 0.289 e. The molecule has 234 valence electrons.